The Kier molecular flexibility index (Phi) is 3.21. The molecule has 1 aromatic carbocycles. The second kappa shape index (κ2) is 5.04. The van der Waals surface area contributed by atoms with Crippen LogP contribution in [0.25, 0.3) is 22.5 Å². The monoisotopic (exact) mass is 378 g/mol. The molecule has 1 atom stereocenters. The molecule has 8 heteroatoms. The van der Waals surface area contributed by atoms with Crippen molar-refractivity contribution < 1.29 is 9.26 Å². The number of nitrogens with one attached hydrogen (secondary N) is 2. The van der Waals surface area contributed by atoms with E-state index in [0.29, 0.717) is 34.2 Å². The molecule has 1 saturated carbocycles. The molecule has 1 aliphatic rings. The van der Waals surface area contributed by atoms with Gasteiger partial charge in [-0.3, -0.25) is 0 Å². The van der Waals surface area contributed by atoms with E-state index < -0.39 is 5.60 Å². The maximum Gasteiger partial charge on any atom is 0.323 e. The molecular formula is C15H15BrN4O3. The third kappa shape index (κ3) is 2.33. The van der Waals surface area contributed by atoms with Crippen LogP contribution in [0.4, 0.5) is 0 Å². The van der Waals surface area contributed by atoms with Crippen molar-refractivity contribution in [2.45, 2.75) is 25.4 Å². The number of nitrogens with zero attached hydrogens (tertiary/aromatic N) is 2. The van der Waals surface area contributed by atoms with E-state index in [1.807, 2.05) is 19.1 Å². The third-order valence-corrected chi connectivity index (χ3v) is 4.93. The zero-order valence-corrected chi connectivity index (χ0v) is 14.2. The van der Waals surface area contributed by atoms with Crippen LogP contribution >= 0.6 is 15.9 Å². The fourth-order valence-electron chi connectivity index (χ4n) is 2.89. The predicted octanol–water partition coefficient (Wildman–Crippen LogP) is 2.94. The second-order valence-electron chi connectivity index (χ2n) is 5.96. The summed E-state index contributed by atoms with van der Waals surface area (Å²) in [5, 5.41) is 4.11. The van der Waals surface area contributed by atoms with Crippen molar-refractivity contribution in [2.24, 2.45) is 5.92 Å². The Morgan fingerprint density at radius 1 is 1.39 bits per heavy atom. The quantitative estimate of drug-likeness (QED) is 0.727. The van der Waals surface area contributed by atoms with E-state index >= 15 is 0 Å². The standard InChI is InChI=1S/C15H15BrN4O3/c1-15(22-2,7-3-4-7)13-19-12(23-20-13)9-5-8(16)6-10-11(9)18-14(21)17-10/h5-7H,3-4H2,1-2H3,(H2,17,18,21). The molecule has 2 aromatic heterocycles. The zero-order chi connectivity index (χ0) is 16.2. The maximum atomic E-state index is 11.6. The van der Waals surface area contributed by atoms with E-state index in [-0.39, 0.29) is 5.69 Å². The number of halogens is 1. The fourth-order valence-corrected chi connectivity index (χ4v) is 3.34. The number of imidazole rings is 1. The maximum absolute atomic E-state index is 11.6. The third-order valence-electron chi connectivity index (χ3n) is 4.47. The fraction of sp³-hybridized carbons (Fsp3) is 0.400. The number of benzene rings is 1. The Bertz CT molecular complexity index is 940. The van der Waals surface area contributed by atoms with Crippen LogP contribution in [0.1, 0.15) is 25.6 Å². The van der Waals surface area contributed by atoms with Crippen molar-refractivity contribution in [1.29, 1.82) is 0 Å². The Labute approximate surface area is 139 Å². The number of ether oxygens (including phenoxy) is 1. The van der Waals surface area contributed by atoms with Gasteiger partial charge < -0.3 is 19.2 Å². The number of aromatic amines is 2. The first-order chi connectivity index (χ1) is 11.0. The Balaban J connectivity index is 1.85. The van der Waals surface area contributed by atoms with Crippen LogP contribution in [0.2, 0.25) is 0 Å². The van der Waals surface area contributed by atoms with Gasteiger partial charge in [0.15, 0.2) is 0 Å². The number of aromatic nitrogens is 4. The molecule has 0 aliphatic heterocycles. The molecule has 0 spiro atoms. The lowest BCUT2D eigenvalue weighted by Crippen LogP contribution is -2.28. The minimum atomic E-state index is -0.543. The molecule has 120 valence electrons. The van der Waals surface area contributed by atoms with E-state index in [4.69, 9.17) is 9.26 Å². The molecule has 0 saturated heterocycles. The Hall–Kier alpha value is -1.93. The number of fused-ring (bicyclic) bond motifs is 1. The van der Waals surface area contributed by atoms with Gasteiger partial charge in [-0.15, -0.1) is 0 Å². The zero-order valence-electron chi connectivity index (χ0n) is 12.6. The number of hydrogen-bond acceptors (Lipinski definition) is 5. The molecular weight excluding hydrogens is 364 g/mol. The lowest BCUT2D eigenvalue weighted by atomic mass is 9.99. The summed E-state index contributed by atoms with van der Waals surface area (Å²) in [4.78, 5) is 21.6. The van der Waals surface area contributed by atoms with Gasteiger partial charge in [-0.25, -0.2) is 4.79 Å². The molecule has 0 radical (unpaired) electrons. The molecule has 1 unspecified atom stereocenters. The lowest BCUT2D eigenvalue weighted by molar-refractivity contribution is -0.0269. The molecule has 7 nitrogen and oxygen atoms in total. The van der Waals surface area contributed by atoms with Gasteiger partial charge in [0.05, 0.1) is 16.6 Å². The summed E-state index contributed by atoms with van der Waals surface area (Å²) < 4.78 is 11.9. The largest absolute Gasteiger partial charge is 0.370 e. The van der Waals surface area contributed by atoms with Crippen molar-refractivity contribution >= 4 is 27.0 Å². The average Bonchev–Trinajstić information content (AvgIpc) is 3.14. The van der Waals surface area contributed by atoms with Crippen LogP contribution in [-0.2, 0) is 10.3 Å². The van der Waals surface area contributed by atoms with Crippen molar-refractivity contribution in [3.8, 4) is 11.5 Å². The highest BCUT2D eigenvalue weighted by atomic mass is 79.9. The van der Waals surface area contributed by atoms with Gasteiger partial charge in [-0.1, -0.05) is 21.1 Å². The normalized spacial score (nSPS) is 17.5. The van der Waals surface area contributed by atoms with Gasteiger partial charge in [0.2, 0.25) is 5.82 Å². The minimum Gasteiger partial charge on any atom is -0.370 e. The van der Waals surface area contributed by atoms with Crippen LogP contribution in [0, 0.1) is 5.92 Å². The predicted molar refractivity (Wildman–Crippen MR) is 87.0 cm³/mol. The molecule has 0 amide bonds. The van der Waals surface area contributed by atoms with E-state index in [9.17, 15) is 4.79 Å². The summed E-state index contributed by atoms with van der Waals surface area (Å²) in [5.41, 5.74) is 1.16. The van der Waals surface area contributed by atoms with Gasteiger partial charge in [0, 0.05) is 11.6 Å². The molecule has 1 fully saturated rings. The van der Waals surface area contributed by atoms with E-state index in [0.717, 1.165) is 17.3 Å². The SMILES string of the molecule is COC(C)(c1noc(-c2cc(Br)cc3[nH]c(=O)[nH]c23)n1)C1CC1. The van der Waals surface area contributed by atoms with E-state index in [2.05, 4.69) is 36.0 Å². The number of methoxy groups -OCH3 is 1. The van der Waals surface area contributed by atoms with Crippen LogP contribution < -0.4 is 5.69 Å². The van der Waals surface area contributed by atoms with Crippen LogP contribution in [0.3, 0.4) is 0 Å². The van der Waals surface area contributed by atoms with E-state index in [1.54, 1.807) is 7.11 Å². The van der Waals surface area contributed by atoms with Gasteiger partial charge >= 0.3 is 5.69 Å². The number of rotatable bonds is 4. The minimum absolute atomic E-state index is 0.279. The Morgan fingerprint density at radius 2 is 2.17 bits per heavy atom. The first-order valence-electron chi connectivity index (χ1n) is 7.32. The topological polar surface area (TPSA) is 96.8 Å². The number of H-pyrrole nitrogens is 2. The molecule has 0 bridgehead atoms. The first-order valence-corrected chi connectivity index (χ1v) is 8.12. The van der Waals surface area contributed by atoms with Crippen molar-refractivity contribution in [3.05, 3.63) is 32.9 Å². The van der Waals surface area contributed by atoms with E-state index in [1.165, 1.54) is 0 Å². The van der Waals surface area contributed by atoms with Crippen molar-refractivity contribution in [3.63, 3.8) is 0 Å². The van der Waals surface area contributed by atoms with Gasteiger partial charge in [0.25, 0.3) is 5.89 Å². The highest BCUT2D eigenvalue weighted by Crippen LogP contribution is 2.47. The van der Waals surface area contributed by atoms with Gasteiger partial charge in [-0.05, 0) is 37.8 Å². The lowest BCUT2D eigenvalue weighted by Gasteiger charge is -2.23. The molecule has 4 rings (SSSR count). The Morgan fingerprint density at radius 3 is 2.87 bits per heavy atom. The average molecular weight is 379 g/mol. The van der Waals surface area contributed by atoms with Gasteiger partial charge in [0.1, 0.15) is 5.60 Å². The van der Waals surface area contributed by atoms with Crippen LogP contribution in [0.5, 0.6) is 0 Å². The summed E-state index contributed by atoms with van der Waals surface area (Å²) in [5.74, 6) is 1.29. The highest BCUT2D eigenvalue weighted by molar-refractivity contribution is 9.10. The van der Waals surface area contributed by atoms with Crippen molar-refractivity contribution in [2.75, 3.05) is 7.11 Å². The van der Waals surface area contributed by atoms with Crippen LogP contribution in [0.15, 0.2) is 25.9 Å². The first kappa shape index (κ1) is 14.6. The van der Waals surface area contributed by atoms with Crippen LogP contribution in [-0.4, -0.2) is 27.2 Å². The molecule has 1 aliphatic carbocycles. The summed E-state index contributed by atoms with van der Waals surface area (Å²) in [6, 6.07) is 3.65. The molecule has 2 heterocycles. The molecule has 3 aromatic rings. The molecule has 2 N–H and O–H groups in total. The summed E-state index contributed by atoms with van der Waals surface area (Å²) in [6.45, 7) is 1.98. The van der Waals surface area contributed by atoms with Gasteiger partial charge in [-0.2, -0.15) is 4.98 Å². The summed E-state index contributed by atoms with van der Waals surface area (Å²) in [6.07, 6.45) is 2.20. The van der Waals surface area contributed by atoms with Crippen molar-refractivity contribution in [1.82, 2.24) is 20.1 Å². The highest BCUT2D eigenvalue weighted by Gasteiger charge is 2.46. The second-order valence-corrected chi connectivity index (χ2v) is 6.88. The molecule has 23 heavy (non-hydrogen) atoms. The number of hydrogen-bond donors (Lipinski definition) is 2. The smallest absolute Gasteiger partial charge is 0.323 e. The summed E-state index contributed by atoms with van der Waals surface area (Å²) >= 11 is 3.43. The summed E-state index contributed by atoms with van der Waals surface area (Å²) in [7, 11) is 1.66.